The van der Waals surface area contributed by atoms with Gasteiger partial charge in [-0.05, 0) is 41.0 Å². The maximum Gasteiger partial charge on any atom is 0.335 e. The second kappa shape index (κ2) is 5.60. The average molecular weight is 351 g/mol. The third-order valence-corrected chi connectivity index (χ3v) is 4.94. The summed E-state index contributed by atoms with van der Waals surface area (Å²) in [6.07, 6.45) is 11.4. The van der Waals surface area contributed by atoms with E-state index in [1.807, 2.05) is 36.5 Å². The number of carbonyl (C=O) groups is 2. The molecule has 4 nitrogen and oxygen atoms in total. The molecule has 0 saturated carbocycles. The van der Waals surface area contributed by atoms with E-state index in [2.05, 4.69) is 5.32 Å². The Balaban J connectivity index is 1.95. The molecule has 1 heterocycles. The summed E-state index contributed by atoms with van der Waals surface area (Å²) in [5.41, 5.74) is 2.39. The number of nitrogens with zero attached hydrogens (tertiary/aromatic N) is 1. The lowest BCUT2D eigenvalue weighted by Gasteiger charge is -2.41. The first kappa shape index (κ1) is 15.7. The third-order valence-electron chi connectivity index (χ3n) is 4.71. The lowest BCUT2D eigenvalue weighted by Crippen LogP contribution is -2.42. The molecule has 1 aromatic rings. The molecule has 123 valence electrons. The summed E-state index contributed by atoms with van der Waals surface area (Å²) in [6, 6.07) is 6.39. The van der Waals surface area contributed by atoms with Gasteiger partial charge in [-0.3, -0.25) is 4.79 Å². The van der Waals surface area contributed by atoms with E-state index >= 15 is 0 Å². The molecule has 25 heavy (non-hydrogen) atoms. The van der Waals surface area contributed by atoms with Gasteiger partial charge in [0.2, 0.25) is 0 Å². The minimum atomic E-state index is -1.03. The number of allylic oxidation sites excluding steroid dienone is 6. The second-order valence-corrected chi connectivity index (χ2v) is 6.55. The fourth-order valence-corrected chi connectivity index (χ4v) is 3.68. The lowest BCUT2D eigenvalue weighted by molar-refractivity contribution is -0.116. The van der Waals surface area contributed by atoms with Crippen molar-refractivity contribution in [3.63, 3.8) is 0 Å². The number of halogens is 1. The number of carbonyl (C=O) groups excluding carboxylic acids is 1. The van der Waals surface area contributed by atoms with Crippen LogP contribution in [0, 0.1) is 5.41 Å². The van der Waals surface area contributed by atoms with Crippen molar-refractivity contribution in [3.8, 4) is 0 Å². The molecule has 0 fully saturated rings. The Morgan fingerprint density at radius 3 is 2.92 bits per heavy atom. The van der Waals surface area contributed by atoms with E-state index < -0.39 is 11.4 Å². The van der Waals surface area contributed by atoms with Gasteiger partial charge in [-0.2, -0.15) is 0 Å². The topological polar surface area (TPSA) is 68.5 Å². The Morgan fingerprint density at radius 2 is 2.12 bits per heavy atom. The van der Waals surface area contributed by atoms with Crippen molar-refractivity contribution in [2.75, 3.05) is 6.54 Å². The van der Waals surface area contributed by atoms with Crippen LogP contribution in [0.4, 0.5) is 0 Å². The quantitative estimate of drug-likeness (QED) is 0.888. The van der Waals surface area contributed by atoms with Gasteiger partial charge in [0.05, 0.1) is 23.1 Å². The largest absolute Gasteiger partial charge is 0.478 e. The molecule has 0 aromatic heterocycles. The molecule has 4 rings (SSSR count). The smallest absolute Gasteiger partial charge is 0.335 e. The van der Waals surface area contributed by atoms with E-state index in [-0.39, 0.29) is 11.5 Å². The number of hydrogen-bond donors (Lipinski definition) is 1. The highest BCUT2D eigenvalue weighted by Gasteiger charge is 2.44. The molecule has 2 aliphatic carbocycles. The van der Waals surface area contributed by atoms with Crippen molar-refractivity contribution >= 4 is 29.1 Å². The molecule has 1 amide bonds. The fourth-order valence-electron chi connectivity index (χ4n) is 3.50. The van der Waals surface area contributed by atoms with Crippen LogP contribution in [0.25, 0.3) is 5.57 Å². The van der Waals surface area contributed by atoms with Crippen molar-refractivity contribution in [3.05, 3.63) is 88.0 Å². The van der Waals surface area contributed by atoms with Crippen LogP contribution in [0.2, 0.25) is 0 Å². The Hall–Kier alpha value is -2.85. The molecule has 1 unspecified atom stereocenters. The van der Waals surface area contributed by atoms with Crippen LogP contribution in [0.3, 0.4) is 0 Å². The predicted octanol–water partition coefficient (Wildman–Crippen LogP) is 3.46. The number of hydrogen-bond acceptors (Lipinski definition) is 2. The molecule has 1 atom stereocenters. The fraction of sp³-hybridized carbons (Fsp3) is 0.100. The predicted molar refractivity (Wildman–Crippen MR) is 95.1 cm³/mol. The summed E-state index contributed by atoms with van der Waals surface area (Å²) in [7, 11) is 0. The van der Waals surface area contributed by atoms with Gasteiger partial charge in [-0.15, -0.1) is 0 Å². The van der Waals surface area contributed by atoms with Crippen molar-refractivity contribution in [2.24, 2.45) is 5.41 Å². The van der Waals surface area contributed by atoms with Crippen LogP contribution in [0.1, 0.15) is 15.9 Å². The number of amides is 1. The van der Waals surface area contributed by atoms with Crippen molar-refractivity contribution < 1.29 is 14.7 Å². The van der Waals surface area contributed by atoms with Gasteiger partial charge >= 0.3 is 5.97 Å². The molecule has 1 spiro atoms. The van der Waals surface area contributed by atoms with Gasteiger partial charge < -0.3 is 5.11 Å². The molecular weight excluding hydrogens is 338 g/mol. The summed E-state index contributed by atoms with van der Waals surface area (Å²) in [4.78, 5) is 23.9. The first-order chi connectivity index (χ1) is 12.0. The minimum Gasteiger partial charge on any atom is -0.478 e. The van der Waals surface area contributed by atoms with Gasteiger partial charge in [0.15, 0.2) is 0 Å². The van der Waals surface area contributed by atoms with Gasteiger partial charge in [0, 0.05) is 5.03 Å². The average Bonchev–Trinajstić information content (AvgIpc) is 2.61. The number of carboxylic acid groups (broad SMARTS) is 1. The van der Waals surface area contributed by atoms with Crippen molar-refractivity contribution in [1.29, 1.82) is 0 Å². The highest BCUT2D eigenvalue weighted by Crippen LogP contribution is 2.49. The van der Waals surface area contributed by atoms with E-state index in [4.69, 9.17) is 11.6 Å². The molecule has 0 saturated heterocycles. The van der Waals surface area contributed by atoms with E-state index in [0.717, 1.165) is 11.1 Å². The van der Waals surface area contributed by atoms with E-state index in [1.54, 1.807) is 12.1 Å². The monoisotopic (exact) mass is 350 g/mol. The standard InChI is InChI=1S/C20H13ClNO3/c21-15-7-8-20-11-22-18(23)17(16(20)6-2-5-14(20)10-15)12-3-1-4-13(9-12)19(24)25/h1-10H,11H2,(H,24,25). The Kier molecular flexibility index (Phi) is 3.51. The Morgan fingerprint density at radius 1 is 1.28 bits per heavy atom. The minimum absolute atomic E-state index is 0.135. The lowest BCUT2D eigenvalue weighted by atomic mass is 9.65. The summed E-state index contributed by atoms with van der Waals surface area (Å²) in [6.45, 7) is 0.316. The Bertz CT molecular complexity index is 965. The first-order valence-corrected chi connectivity index (χ1v) is 8.15. The number of rotatable bonds is 2. The van der Waals surface area contributed by atoms with Crippen LogP contribution in [0.15, 0.2) is 76.9 Å². The maximum absolute atomic E-state index is 12.6. The molecule has 1 aromatic carbocycles. The third kappa shape index (κ3) is 2.37. The highest BCUT2D eigenvalue weighted by molar-refractivity contribution is 6.31. The zero-order valence-electron chi connectivity index (χ0n) is 13.1. The van der Waals surface area contributed by atoms with Crippen molar-refractivity contribution in [1.82, 2.24) is 5.32 Å². The molecule has 1 radical (unpaired) electrons. The summed E-state index contributed by atoms with van der Waals surface area (Å²) in [5, 5.41) is 14.1. The second-order valence-electron chi connectivity index (χ2n) is 6.11. The summed E-state index contributed by atoms with van der Waals surface area (Å²) >= 11 is 6.13. The van der Waals surface area contributed by atoms with Crippen LogP contribution in [-0.2, 0) is 4.79 Å². The number of benzene rings is 1. The van der Waals surface area contributed by atoms with Crippen LogP contribution < -0.4 is 5.32 Å². The molecule has 1 aliphatic heterocycles. The van der Waals surface area contributed by atoms with Crippen LogP contribution >= 0.6 is 11.6 Å². The normalized spacial score (nSPS) is 24.1. The molecule has 5 heteroatoms. The van der Waals surface area contributed by atoms with Crippen LogP contribution in [0.5, 0.6) is 0 Å². The molecular formula is C20H13ClNO3. The van der Waals surface area contributed by atoms with E-state index in [9.17, 15) is 14.7 Å². The number of carboxylic acids is 1. The zero-order valence-corrected chi connectivity index (χ0v) is 13.8. The zero-order chi connectivity index (χ0) is 17.6. The summed E-state index contributed by atoms with van der Waals surface area (Å²) in [5.74, 6) is -1.36. The SMILES string of the molecule is O=C1[N]CC23C=CC(Cl)=CC2=CC=CC3=C1c1cccc(C(=O)O)c1. The molecule has 1 N–H and O–H groups in total. The molecule has 3 aliphatic rings. The summed E-state index contributed by atoms with van der Waals surface area (Å²) < 4.78 is 0. The van der Waals surface area contributed by atoms with Gasteiger partial charge in [-0.25, -0.2) is 10.1 Å². The molecule has 0 bridgehead atoms. The number of aromatic carboxylic acids is 1. The first-order valence-electron chi connectivity index (χ1n) is 7.77. The van der Waals surface area contributed by atoms with E-state index in [1.165, 1.54) is 12.1 Å². The van der Waals surface area contributed by atoms with Gasteiger partial charge in [0.1, 0.15) is 0 Å². The van der Waals surface area contributed by atoms with Crippen molar-refractivity contribution in [2.45, 2.75) is 0 Å². The van der Waals surface area contributed by atoms with Crippen LogP contribution in [-0.4, -0.2) is 23.5 Å². The highest BCUT2D eigenvalue weighted by atomic mass is 35.5. The van der Waals surface area contributed by atoms with Gasteiger partial charge in [-0.1, -0.05) is 48.0 Å². The maximum atomic E-state index is 12.6. The van der Waals surface area contributed by atoms with Gasteiger partial charge in [0.25, 0.3) is 5.91 Å². The Labute approximate surface area is 149 Å². The van der Waals surface area contributed by atoms with E-state index in [0.29, 0.717) is 22.7 Å².